The lowest BCUT2D eigenvalue weighted by atomic mass is 9.75. The molecule has 5 heteroatoms. The number of hydrogen-bond acceptors (Lipinski definition) is 3. The Hall–Kier alpha value is -1.26. The van der Waals surface area contributed by atoms with Gasteiger partial charge in [-0.15, -0.1) is 0 Å². The summed E-state index contributed by atoms with van der Waals surface area (Å²) >= 11 is 0. The molecule has 2 saturated heterocycles. The van der Waals surface area contributed by atoms with Crippen LogP contribution in [0.1, 0.15) is 47.0 Å². The van der Waals surface area contributed by atoms with Gasteiger partial charge in [0.25, 0.3) is 0 Å². The largest absolute Gasteiger partial charge is 0.444 e. The molecule has 2 heterocycles. The molecule has 2 aliphatic rings. The zero-order valence-electron chi connectivity index (χ0n) is 12.3. The molecule has 0 saturated carbocycles. The van der Waals surface area contributed by atoms with Gasteiger partial charge in [0.05, 0.1) is 0 Å². The number of carbonyl (C=O) groups is 2. The molecule has 0 aromatic carbocycles. The molecule has 2 atom stereocenters. The summed E-state index contributed by atoms with van der Waals surface area (Å²) < 4.78 is 5.42. The van der Waals surface area contributed by atoms with Crippen LogP contribution >= 0.6 is 0 Å². The highest BCUT2D eigenvalue weighted by atomic mass is 16.6. The molecular formula is C14H24N2O3. The van der Waals surface area contributed by atoms with Crippen LogP contribution in [0.4, 0.5) is 4.79 Å². The number of rotatable bonds is 0. The van der Waals surface area contributed by atoms with E-state index < -0.39 is 5.60 Å². The van der Waals surface area contributed by atoms with E-state index in [2.05, 4.69) is 5.32 Å². The Morgan fingerprint density at radius 1 is 1.47 bits per heavy atom. The molecule has 2 unspecified atom stereocenters. The molecule has 5 nitrogen and oxygen atoms in total. The van der Waals surface area contributed by atoms with Gasteiger partial charge in [0.2, 0.25) is 5.91 Å². The quantitative estimate of drug-likeness (QED) is 0.730. The Balaban J connectivity index is 1.97. The lowest BCUT2D eigenvalue weighted by Crippen LogP contribution is -2.50. The van der Waals surface area contributed by atoms with Gasteiger partial charge in [-0.25, -0.2) is 4.79 Å². The lowest BCUT2D eigenvalue weighted by molar-refractivity contribution is -0.119. The van der Waals surface area contributed by atoms with E-state index in [0.717, 1.165) is 19.4 Å². The second-order valence-electron chi connectivity index (χ2n) is 6.93. The zero-order valence-corrected chi connectivity index (χ0v) is 12.3. The van der Waals surface area contributed by atoms with Crippen LogP contribution in [-0.4, -0.2) is 41.6 Å². The first-order valence-electron chi connectivity index (χ1n) is 6.97. The first-order chi connectivity index (χ1) is 8.71. The van der Waals surface area contributed by atoms with Crippen molar-refractivity contribution in [1.29, 1.82) is 0 Å². The molecule has 2 fully saturated rings. The fourth-order valence-electron chi connectivity index (χ4n) is 3.08. The van der Waals surface area contributed by atoms with Gasteiger partial charge in [0.15, 0.2) is 0 Å². The van der Waals surface area contributed by atoms with E-state index in [1.54, 1.807) is 4.90 Å². The molecule has 0 radical (unpaired) electrons. The summed E-state index contributed by atoms with van der Waals surface area (Å²) in [6, 6.07) is 0.122. The van der Waals surface area contributed by atoms with Crippen molar-refractivity contribution in [1.82, 2.24) is 10.2 Å². The average Bonchev–Trinajstić information content (AvgIpc) is 2.57. The van der Waals surface area contributed by atoms with E-state index in [9.17, 15) is 9.59 Å². The first kappa shape index (κ1) is 14.2. The van der Waals surface area contributed by atoms with Crippen LogP contribution in [0.15, 0.2) is 0 Å². The van der Waals surface area contributed by atoms with Gasteiger partial charge in [-0.1, -0.05) is 0 Å². The number of amides is 2. The summed E-state index contributed by atoms with van der Waals surface area (Å²) in [6.07, 6.45) is 2.09. The topological polar surface area (TPSA) is 58.6 Å². The van der Waals surface area contributed by atoms with E-state index in [4.69, 9.17) is 4.74 Å². The maximum absolute atomic E-state index is 12.1. The Kier molecular flexibility index (Phi) is 3.49. The van der Waals surface area contributed by atoms with Crippen molar-refractivity contribution in [2.24, 2.45) is 5.41 Å². The minimum Gasteiger partial charge on any atom is -0.444 e. The average molecular weight is 268 g/mol. The molecule has 19 heavy (non-hydrogen) atoms. The molecule has 108 valence electrons. The van der Waals surface area contributed by atoms with Crippen LogP contribution < -0.4 is 5.32 Å². The number of hydrogen-bond donors (Lipinski definition) is 1. The summed E-state index contributed by atoms with van der Waals surface area (Å²) in [5.74, 6) is 0.137. The Bertz CT molecular complexity index is 389. The van der Waals surface area contributed by atoms with Gasteiger partial charge in [-0.3, -0.25) is 4.79 Å². The van der Waals surface area contributed by atoms with Crippen molar-refractivity contribution in [3.63, 3.8) is 0 Å². The standard InChI is InChI=1S/C14H24N2O3/c1-10-7-14(8-11(17)15-9-14)5-6-16(10)12(18)19-13(2,3)4/h10H,5-9H2,1-4H3,(H,15,17). The summed E-state index contributed by atoms with van der Waals surface area (Å²) in [4.78, 5) is 25.3. The predicted molar refractivity (Wildman–Crippen MR) is 71.7 cm³/mol. The van der Waals surface area contributed by atoms with Crippen molar-refractivity contribution >= 4 is 12.0 Å². The molecule has 2 amide bonds. The van der Waals surface area contributed by atoms with Crippen molar-refractivity contribution in [2.75, 3.05) is 13.1 Å². The van der Waals surface area contributed by atoms with E-state index in [0.29, 0.717) is 13.0 Å². The van der Waals surface area contributed by atoms with E-state index in [-0.39, 0.29) is 23.5 Å². The van der Waals surface area contributed by atoms with Gasteiger partial charge in [0, 0.05) is 31.0 Å². The lowest BCUT2D eigenvalue weighted by Gasteiger charge is -2.43. The predicted octanol–water partition coefficient (Wildman–Crippen LogP) is 1.91. The van der Waals surface area contributed by atoms with E-state index in [1.807, 2.05) is 27.7 Å². The summed E-state index contributed by atoms with van der Waals surface area (Å²) in [6.45, 7) is 9.08. The Morgan fingerprint density at radius 3 is 2.63 bits per heavy atom. The third-order valence-corrected chi connectivity index (χ3v) is 3.97. The molecule has 1 N–H and O–H groups in total. The van der Waals surface area contributed by atoms with Crippen LogP contribution in [0.3, 0.4) is 0 Å². The van der Waals surface area contributed by atoms with Crippen molar-refractivity contribution in [2.45, 2.75) is 58.6 Å². The van der Waals surface area contributed by atoms with Crippen molar-refractivity contribution < 1.29 is 14.3 Å². The van der Waals surface area contributed by atoms with E-state index in [1.165, 1.54) is 0 Å². The third kappa shape index (κ3) is 3.19. The molecule has 0 aromatic rings. The van der Waals surface area contributed by atoms with Crippen LogP contribution in [0.2, 0.25) is 0 Å². The number of nitrogens with zero attached hydrogens (tertiary/aromatic N) is 1. The molecule has 2 aliphatic heterocycles. The fourth-order valence-corrected chi connectivity index (χ4v) is 3.08. The van der Waals surface area contributed by atoms with Gasteiger partial charge in [-0.2, -0.15) is 0 Å². The highest BCUT2D eigenvalue weighted by molar-refractivity contribution is 5.79. The van der Waals surface area contributed by atoms with Crippen molar-refractivity contribution in [3.05, 3.63) is 0 Å². The smallest absolute Gasteiger partial charge is 0.410 e. The van der Waals surface area contributed by atoms with Gasteiger partial charge >= 0.3 is 6.09 Å². The fraction of sp³-hybridized carbons (Fsp3) is 0.857. The molecule has 0 aliphatic carbocycles. The number of piperidine rings is 1. The SMILES string of the molecule is CC1CC2(CCN1C(=O)OC(C)(C)C)CNC(=O)C2. The first-order valence-corrected chi connectivity index (χ1v) is 6.97. The molecule has 0 aromatic heterocycles. The van der Waals surface area contributed by atoms with Gasteiger partial charge in [-0.05, 0) is 40.5 Å². The minimum absolute atomic E-state index is 0.0506. The maximum Gasteiger partial charge on any atom is 0.410 e. The van der Waals surface area contributed by atoms with Crippen LogP contribution in [0.25, 0.3) is 0 Å². The van der Waals surface area contributed by atoms with E-state index >= 15 is 0 Å². The normalized spacial score (nSPS) is 31.5. The van der Waals surface area contributed by atoms with Gasteiger partial charge < -0.3 is 15.0 Å². The minimum atomic E-state index is -0.461. The highest BCUT2D eigenvalue weighted by Crippen LogP contribution is 2.40. The monoisotopic (exact) mass is 268 g/mol. The molecule has 0 bridgehead atoms. The molecule has 2 rings (SSSR count). The van der Waals surface area contributed by atoms with Crippen LogP contribution in [0, 0.1) is 5.41 Å². The Morgan fingerprint density at radius 2 is 2.16 bits per heavy atom. The zero-order chi connectivity index (χ0) is 14.3. The number of carbonyl (C=O) groups excluding carboxylic acids is 2. The third-order valence-electron chi connectivity index (χ3n) is 3.97. The number of likely N-dealkylation sites (tertiary alicyclic amines) is 1. The molecule has 1 spiro atoms. The number of nitrogens with one attached hydrogen (secondary N) is 1. The summed E-state index contributed by atoms with van der Waals surface area (Å²) in [5.41, 5.74) is -0.411. The number of ether oxygens (including phenoxy) is 1. The molecular weight excluding hydrogens is 244 g/mol. The van der Waals surface area contributed by atoms with Crippen molar-refractivity contribution in [3.8, 4) is 0 Å². The second kappa shape index (κ2) is 4.69. The van der Waals surface area contributed by atoms with Crippen LogP contribution in [-0.2, 0) is 9.53 Å². The maximum atomic E-state index is 12.1. The second-order valence-corrected chi connectivity index (χ2v) is 6.93. The van der Waals surface area contributed by atoms with Gasteiger partial charge in [0.1, 0.15) is 5.60 Å². The highest BCUT2D eigenvalue weighted by Gasteiger charge is 2.45. The Labute approximate surface area is 114 Å². The summed E-state index contributed by atoms with van der Waals surface area (Å²) in [5, 5.41) is 2.91. The van der Waals surface area contributed by atoms with Crippen LogP contribution in [0.5, 0.6) is 0 Å². The summed E-state index contributed by atoms with van der Waals surface area (Å²) in [7, 11) is 0.